The number of rotatable bonds is 4. The van der Waals surface area contributed by atoms with Gasteiger partial charge in [-0.25, -0.2) is 0 Å². The van der Waals surface area contributed by atoms with Gasteiger partial charge < -0.3 is 10.0 Å². The minimum absolute atomic E-state index is 0.0779. The minimum Gasteiger partial charge on any atom is -0.389 e. The van der Waals surface area contributed by atoms with E-state index in [-0.39, 0.29) is 10.6 Å². The van der Waals surface area contributed by atoms with Crippen LogP contribution in [0.3, 0.4) is 0 Å². The molecule has 2 rings (SSSR count). The van der Waals surface area contributed by atoms with Crippen LogP contribution < -0.4 is 4.90 Å². The fraction of sp³-hybridized carbons (Fsp3) is 0.625. The molecule has 5 heteroatoms. The Morgan fingerprint density at radius 1 is 1.43 bits per heavy atom. The predicted octanol–water partition coefficient (Wildman–Crippen LogP) is 3.66. The van der Waals surface area contributed by atoms with Gasteiger partial charge in [0.05, 0.1) is 11.0 Å². The van der Waals surface area contributed by atoms with E-state index >= 15 is 0 Å². The van der Waals surface area contributed by atoms with Crippen LogP contribution in [0, 0.1) is 16.0 Å². The number of hydrogen-bond donors (Lipinski definition) is 1. The monoisotopic (exact) mass is 292 g/mol. The molecule has 0 saturated heterocycles. The van der Waals surface area contributed by atoms with E-state index in [4.69, 9.17) is 0 Å². The molecule has 1 aliphatic rings. The van der Waals surface area contributed by atoms with Gasteiger partial charge in [-0.2, -0.15) is 0 Å². The first kappa shape index (κ1) is 15.8. The maximum absolute atomic E-state index is 11.3. The molecule has 21 heavy (non-hydrogen) atoms. The van der Waals surface area contributed by atoms with Crippen molar-refractivity contribution >= 4 is 11.4 Å². The fourth-order valence-electron chi connectivity index (χ4n) is 3.20. The van der Waals surface area contributed by atoms with E-state index in [2.05, 4.69) is 6.92 Å². The average Bonchev–Trinajstić information content (AvgIpc) is 2.45. The lowest BCUT2D eigenvalue weighted by Gasteiger charge is -2.35. The molecular weight excluding hydrogens is 268 g/mol. The second-order valence-electron chi connectivity index (χ2n) is 6.22. The molecule has 1 aliphatic carbocycles. The largest absolute Gasteiger partial charge is 0.389 e. The molecule has 0 aromatic heterocycles. The lowest BCUT2D eigenvalue weighted by atomic mass is 9.86. The quantitative estimate of drug-likeness (QED) is 0.679. The van der Waals surface area contributed by atoms with Crippen molar-refractivity contribution in [1.29, 1.82) is 0 Å². The highest BCUT2D eigenvalue weighted by atomic mass is 16.6. The first-order valence-corrected chi connectivity index (χ1v) is 7.59. The Kier molecular flexibility index (Phi) is 4.83. The molecule has 0 heterocycles. The van der Waals surface area contributed by atoms with Crippen molar-refractivity contribution < 1.29 is 10.0 Å². The molecule has 1 N–H and O–H groups in total. The summed E-state index contributed by atoms with van der Waals surface area (Å²) in [6.07, 6.45) is 3.88. The zero-order valence-electron chi connectivity index (χ0n) is 13.0. The lowest BCUT2D eigenvalue weighted by molar-refractivity contribution is -0.384. The Morgan fingerprint density at radius 3 is 2.71 bits per heavy atom. The van der Waals surface area contributed by atoms with Gasteiger partial charge in [-0.05, 0) is 37.3 Å². The third-order valence-electron chi connectivity index (χ3n) is 4.51. The Labute approximate surface area is 125 Å². The Bertz CT molecular complexity index is 516. The number of benzene rings is 1. The van der Waals surface area contributed by atoms with E-state index in [9.17, 15) is 15.2 Å². The van der Waals surface area contributed by atoms with Crippen LogP contribution in [0.2, 0.25) is 0 Å². The van der Waals surface area contributed by atoms with Gasteiger partial charge in [-0.15, -0.1) is 0 Å². The maximum atomic E-state index is 11.3. The van der Waals surface area contributed by atoms with E-state index in [1.807, 2.05) is 11.9 Å². The van der Waals surface area contributed by atoms with Crippen molar-refractivity contribution in [2.75, 3.05) is 11.9 Å². The number of hydrogen-bond acceptors (Lipinski definition) is 4. The number of nitro groups is 1. The highest BCUT2D eigenvalue weighted by Gasteiger charge is 2.27. The van der Waals surface area contributed by atoms with Gasteiger partial charge in [0.25, 0.3) is 5.69 Å². The summed E-state index contributed by atoms with van der Waals surface area (Å²) < 4.78 is 0. The predicted molar refractivity (Wildman–Crippen MR) is 83.6 cm³/mol. The lowest BCUT2D eigenvalue weighted by Crippen LogP contribution is -2.35. The van der Waals surface area contributed by atoms with Crippen LogP contribution in [0.25, 0.3) is 0 Å². The fourth-order valence-corrected chi connectivity index (χ4v) is 3.20. The van der Waals surface area contributed by atoms with Crippen LogP contribution in [0.4, 0.5) is 11.4 Å². The molecular formula is C16H24N2O3. The number of nitrogens with zero attached hydrogens (tertiary/aromatic N) is 2. The molecule has 1 aromatic carbocycles. The van der Waals surface area contributed by atoms with Crippen LogP contribution in [0.5, 0.6) is 0 Å². The van der Waals surface area contributed by atoms with E-state index in [1.165, 1.54) is 18.9 Å². The molecule has 3 atom stereocenters. The van der Waals surface area contributed by atoms with Gasteiger partial charge in [0.15, 0.2) is 0 Å². The average molecular weight is 292 g/mol. The number of aliphatic hydroxyl groups is 1. The zero-order valence-corrected chi connectivity index (χ0v) is 13.0. The van der Waals surface area contributed by atoms with Crippen LogP contribution in [0.1, 0.15) is 51.2 Å². The van der Waals surface area contributed by atoms with Crippen molar-refractivity contribution in [3.63, 3.8) is 0 Å². The van der Waals surface area contributed by atoms with Crippen molar-refractivity contribution in [2.45, 2.75) is 51.7 Å². The molecule has 5 nitrogen and oxygen atoms in total. The van der Waals surface area contributed by atoms with Crippen LogP contribution in [0.15, 0.2) is 18.2 Å². The molecule has 0 spiro atoms. The second kappa shape index (κ2) is 6.43. The molecule has 0 aliphatic heterocycles. The molecule has 116 valence electrons. The Hall–Kier alpha value is -1.62. The number of nitro benzene ring substituents is 1. The van der Waals surface area contributed by atoms with Gasteiger partial charge >= 0.3 is 0 Å². The summed E-state index contributed by atoms with van der Waals surface area (Å²) in [6.45, 7) is 3.86. The molecule has 0 radical (unpaired) electrons. The SMILES string of the molecule is CC1CCCC(N(C)c2ccc(C(C)O)cc2[N+](=O)[O-])C1. The number of aliphatic hydroxyl groups excluding tert-OH is 1. The summed E-state index contributed by atoms with van der Waals surface area (Å²) in [6, 6.07) is 5.38. The van der Waals surface area contributed by atoms with Crippen LogP contribution in [-0.4, -0.2) is 23.1 Å². The van der Waals surface area contributed by atoms with Gasteiger partial charge in [0, 0.05) is 19.2 Å². The van der Waals surface area contributed by atoms with Crippen molar-refractivity contribution in [2.24, 2.45) is 5.92 Å². The molecule has 3 unspecified atom stereocenters. The summed E-state index contributed by atoms with van der Waals surface area (Å²) in [5, 5.41) is 21.0. The maximum Gasteiger partial charge on any atom is 0.292 e. The Balaban J connectivity index is 2.31. The van der Waals surface area contributed by atoms with Gasteiger partial charge in [-0.3, -0.25) is 10.1 Å². The topological polar surface area (TPSA) is 66.6 Å². The van der Waals surface area contributed by atoms with Gasteiger partial charge in [0.1, 0.15) is 5.69 Å². The first-order valence-electron chi connectivity index (χ1n) is 7.59. The smallest absolute Gasteiger partial charge is 0.292 e. The molecule has 1 saturated carbocycles. The summed E-state index contributed by atoms with van der Waals surface area (Å²) in [5.74, 6) is 0.669. The summed E-state index contributed by atoms with van der Waals surface area (Å²) >= 11 is 0. The Morgan fingerprint density at radius 2 is 2.14 bits per heavy atom. The molecule has 1 fully saturated rings. The first-order chi connectivity index (χ1) is 9.90. The summed E-state index contributed by atoms with van der Waals surface area (Å²) in [5.41, 5.74) is 1.30. The third-order valence-corrected chi connectivity index (χ3v) is 4.51. The van der Waals surface area contributed by atoms with Crippen LogP contribution >= 0.6 is 0 Å². The van der Waals surface area contributed by atoms with Crippen LogP contribution in [-0.2, 0) is 0 Å². The van der Waals surface area contributed by atoms with Gasteiger partial charge in [0.2, 0.25) is 0 Å². The van der Waals surface area contributed by atoms with E-state index in [1.54, 1.807) is 19.1 Å². The minimum atomic E-state index is -0.697. The third kappa shape index (κ3) is 3.53. The summed E-state index contributed by atoms with van der Waals surface area (Å²) in [7, 11) is 1.94. The van der Waals surface area contributed by atoms with Crippen molar-refractivity contribution in [1.82, 2.24) is 0 Å². The summed E-state index contributed by atoms with van der Waals surface area (Å²) in [4.78, 5) is 13.0. The highest BCUT2D eigenvalue weighted by molar-refractivity contribution is 5.64. The molecule has 0 bridgehead atoms. The van der Waals surface area contributed by atoms with E-state index in [0.29, 0.717) is 23.2 Å². The van der Waals surface area contributed by atoms with E-state index in [0.717, 1.165) is 12.8 Å². The standard InChI is InChI=1S/C16H24N2O3/c1-11-5-4-6-14(9-11)17(3)15-8-7-13(12(2)19)10-16(15)18(20)21/h7-8,10-12,14,19H,4-6,9H2,1-3H3. The van der Waals surface area contributed by atoms with Crippen molar-refractivity contribution in [3.8, 4) is 0 Å². The van der Waals surface area contributed by atoms with Gasteiger partial charge in [-0.1, -0.05) is 25.8 Å². The normalized spacial score (nSPS) is 23.6. The molecule has 1 aromatic rings. The number of anilines is 1. The van der Waals surface area contributed by atoms with Crippen molar-refractivity contribution in [3.05, 3.63) is 33.9 Å². The zero-order chi connectivity index (χ0) is 15.6. The van der Waals surface area contributed by atoms with E-state index < -0.39 is 6.10 Å². The second-order valence-corrected chi connectivity index (χ2v) is 6.22. The highest BCUT2D eigenvalue weighted by Crippen LogP contribution is 2.35. The molecule has 0 amide bonds.